The SMILES string of the molecule is CC(C)(CCCO[N+](=O)[O-])C(=O)Cl. The predicted octanol–water partition coefficient (Wildman–Crippen LogP) is 1.77. The first-order chi connectivity index (χ1) is 5.86. The van der Waals surface area contributed by atoms with Crippen LogP contribution in [0.4, 0.5) is 0 Å². The van der Waals surface area contributed by atoms with Gasteiger partial charge in [-0.25, -0.2) is 0 Å². The molecular formula is C7H12ClNO4. The van der Waals surface area contributed by atoms with Crippen molar-refractivity contribution in [1.82, 2.24) is 0 Å². The molecule has 0 amide bonds. The molecule has 0 radical (unpaired) electrons. The average molecular weight is 210 g/mol. The van der Waals surface area contributed by atoms with E-state index >= 15 is 0 Å². The van der Waals surface area contributed by atoms with Gasteiger partial charge < -0.3 is 4.84 Å². The van der Waals surface area contributed by atoms with Crippen LogP contribution in [0, 0.1) is 15.5 Å². The van der Waals surface area contributed by atoms with E-state index in [1.165, 1.54) is 0 Å². The van der Waals surface area contributed by atoms with Gasteiger partial charge in [-0.3, -0.25) is 4.79 Å². The van der Waals surface area contributed by atoms with Crippen molar-refractivity contribution < 1.29 is 14.7 Å². The molecule has 0 atom stereocenters. The van der Waals surface area contributed by atoms with Crippen molar-refractivity contribution in [3.63, 3.8) is 0 Å². The highest BCUT2D eigenvalue weighted by atomic mass is 35.5. The molecule has 0 rings (SSSR count). The van der Waals surface area contributed by atoms with Crippen LogP contribution in [0.5, 0.6) is 0 Å². The van der Waals surface area contributed by atoms with Gasteiger partial charge in [0.1, 0.15) is 0 Å². The lowest BCUT2D eigenvalue weighted by atomic mass is 9.90. The van der Waals surface area contributed by atoms with Crippen LogP contribution in [0.3, 0.4) is 0 Å². The Kier molecular flexibility index (Phi) is 4.69. The van der Waals surface area contributed by atoms with E-state index in [2.05, 4.69) is 4.84 Å². The van der Waals surface area contributed by atoms with Gasteiger partial charge in [0, 0.05) is 5.41 Å². The summed E-state index contributed by atoms with van der Waals surface area (Å²) in [5, 5.41) is 8.46. The van der Waals surface area contributed by atoms with Crippen molar-refractivity contribution >= 4 is 16.8 Å². The minimum atomic E-state index is -0.852. The summed E-state index contributed by atoms with van der Waals surface area (Å²) in [6, 6.07) is 0. The van der Waals surface area contributed by atoms with E-state index in [-0.39, 0.29) is 6.61 Å². The fraction of sp³-hybridized carbons (Fsp3) is 0.857. The first-order valence-electron chi connectivity index (χ1n) is 3.83. The lowest BCUT2D eigenvalue weighted by Gasteiger charge is -2.18. The molecule has 0 aromatic heterocycles. The number of carbonyl (C=O) groups is 1. The van der Waals surface area contributed by atoms with E-state index in [1.807, 2.05) is 0 Å². The highest BCUT2D eigenvalue weighted by Crippen LogP contribution is 2.25. The molecule has 0 bridgehead atoms. The molecular weight excluding hydrogens is 198 g/mol. The Bertz CT molecular complexity index is 205. The summed E-state index contributed by atoms with van der Waals surface area (Å²) in [5.41, 5.74) is -0.637. The van der Waals surface area contributed by atoms with Crippen LogP contribution in [0.15, 0.2) is 0 Å². The zero-order valence-corrected chi connectivity index (χ0v) is 8.34. The summed E-state index contributed by atoms with van der Waals surface area (Å²) >= 11 is 5.30. The molecule has 0 aliphatic rings. The van der Waals surface area contributed by atoms with Crippen molar-refractivity contribution in [1.29, 1.82) is 0 Å². The van der Waals surface area contributed by atoms with Crippen molar-refractivity contribution in [2.45, 2.75) is 26.7 Å². The topological polar surface area (TPSA) is 69.4 Å². The van der Waals surface area contributed by atoms with E-state index in [0.29, 0.717) is 12.8 Å². The highest BCUT2D eigenvalue weighted by molar-refractivity contribution is 6.64. The molecule has 76 valence electrons. The number of halogens is 1. The lowest BCUT2D eigenvalue weighted by Crippen LogP contribution is -2.20. The first kappa shape index (κ1) is 12.2. The zero-order chi connectivity index (χ0) is 10.5. The summed E-state index contributed by atoms with van der Waals surface area (Å²) in [5.74, 6) is 0. The molecule has 0 unspecified atom stereocenters. The molecule has 0 aliphatic heterocycles. The van der Waals surface area contributed by atoms with Gasteiger partial charge in [-0.1, -0.05) is 13.8 Å². The second-order valence-corrected chi connectivity index (χ2v) is 3.66. The number of hydrogen-bond acceptors (Lipinski definition) is 4. The summed E-state index contributed by atoms with van der Waals surface area (Å²) in [7, 11) is 0. The van der Waals surface area contributed by atoms with Crippen molar-refractivity contribution in [2.24, 2.45) is 5.41 Å². The van der Waals surface area contributed by atoms with Gasteiger partial charge in [-0.15, -0.1) is 10.1 Å². The Hall–Kier alpha value is -0.840. The second-order valence-electron chi connectivity index (χ2n) is 3.32. The number of hydrogen-bond donors (Lipinski definition) is 0. The van der Waals surface area contributed by atoms with E-state index in [1.54, 1.807) is 13.8 Å². The Morgan fingerprint density at radius 2 is 2.15 bits per heavy atom. The fourth-order valence-electron chi connectivity index (χ4n) is 0.751. The molecule has 0 heterocycles. The third-order valence-corrected chi connectivity index (χ3v) is 2.19. The van der Waals surface area contributed by atoms with Gasteiger partial charge in [-0.05, 0) is 24.4 Å². The molecule has 0 aromatic carbocycles. The largest absolute Gasteiger partial charge is 0.314 e. The predicted molar refractivity (Wildman–Crippen MR) is 46.8 cm³/mol. The highest BCUT2D eigenvalue weighted by Gasteiger charge is 2.24. The number of rotatable bonds is 6. The maximum atomic E-state index is 10.8. The van der Waals surface area contributed by atoms with Gasteiger partial charge in [0.15, 0.2) is 0 Å². The Morgan fingerprint density at radius 3 is 2.54 bits per heavy atom. The van der Waals surface area contributed by atoms with Crippen LogP contribution >= 0.6 is 11.6 Å². The normalized spacial score (nSPS) is 11.0. The summed E-state index contributed by atoms with van der Waals surface area (Å²) in [6.45, 7) is 3.38. The molecule has 0 fully saturated rings. The lowest BCUT2D eigenvalue weighted by molar-refractivity contribution is -0.757. The molecule has 0 saturated heterocycles. The monoisotopic (exact) mass is 209 g/mol. The molecule has 0 spiro atoms. The van der Waals surface area contributed by atoms with Crippen molar-refractivity contribution in [2.75, 3.05) is 6.61 Å². The second kappa shape index (κ2) is 5.01. The van der Waals surface area contributed by atoms with E-state index in [9.17, 15) is 14.9 Å². The van der Waals surface area contributed by atoms with E-state index in [4.69, 9.17) is 11.6 Å². The van der Waals surface area contributed by atoms with Gasteiger partial charge >= 0.3 is 0 Å². The summed E-state index contributed by atoms with van der Waals surface area (Å²) in [4.78, 5) is 24.6. The average Bonchev–Trinajstić information content (AvgIpc) is 1.97. The van der Waals surface area contributed by atoms with Crippen LogP contribution in [-0.2, 0) is 9.63 Å². The molecule has 6 heteroatoms. The molecule has 13 heavy (non-hydrogen) atoms. The van der Waals surface area contributed by atoms with E-state index < -0.39 is 15.7 Å². The number of carbonyl (C=O) groups excluding carboxylic acids is 1. The van der Waals surface area contributed by atoms with Crippen LogP contribution in [0.1, 0.15) is 26.7 Å². The maximum Gasteiger partial charge on any atom is 0.294 e. The smallest absolute Gasteiger partial charge is 0.294 e. The van der Waals surface area contributed by atoms with Crippen molar-refractivity contribution in [3.05, 3.63) is 10.1 Å². The third kappa shape index (κ3) is 5.41. The molecule has 5 nitrogen and oxygen atoms in total. The Balaban J connectivity index is 3.64. The third-order valence-electron chi connectivity index (χ3n) is 1.67. The Labute approximate surface area is 81.1 Å². The molecule has 0 saturated carbocycles. The van der Waals surface area contributed by atoms with E-state index in [0.717, 1.165) is 0 Å². The standard InChI is InChI=1S/C7H12ClNO4/c1-7(2,6(8)10)4-3-5-13-9(11)12/h3-5H2,1-2H3. The van der Waals surface area contributed by atoms with Crippen LogP contribution < -0.4 is 0 Å². The minimum absolute atomic E-state index is 0.000594. The van der Waals surface area contributed by atoms with Crippen LogP contribution in [0.25, 0.3) is 0 Å². The minimum Gasteiger partial charge on any atom is -0.314 e. The first-order valence-corrected chi connectivity index (χ1v) is 4.21. The van der Waals surface area contributed by atoms with Gasteiger partial charge in [-0.2, -0.15) is 0 Å². The summed E-state index contributed by atoms with van der Waals surface area (Å²) < 4.78 is 0. The van der Waals surface area contributed by atoms with Gasteiger partial charge in [0.25, 0.3) is 5.09 Å². The van der Waals surface area contributed by atoms with Crippen LogP contribution in [0.2, 0.25) is 0 Å². The number of nitrogens with zero attached hydrogens (tertiary/aromatic N) is 1. The molecule has 0 aromatic rings. The molecule has 0 N–H and O–H groups in total. The van der Waals surface area contributed by atoms with Gasteiger partial charge in [0.05, 0.1) is 6.61 Å². The fourth-order valence-corrected chi connectivity index (χ4v) is 0.846. The summed E-state index contributed by atoms with van der Waals surface area (Å²) in [6.07, 6.45) is 0.912. The zero-order valence-electron chi connectivity index (χ0n) is 7.58. The van der Waals surface area contributed by atoms with Crippen molar-refractivity contribution in [3.8, 4) is 0 Å². The maximum absolute atomic E-state index is 10.8. The molecule has 0 aliphatic carbocycles. The quantitative estimate of drug-likeness (QED) is 0.289. The van der Waals surface area contributed by atoms with Gasteiger partial charge in [0.2, 0.25) is 5.24 Å². The van der Waals surface area contributed by atoms with Crippen LogP contribution in [-0.4, -0.2) is 16.9 Å². The Morgan fingerprint density at radius 1 is 1.62 bits per heavy atom.